The number of amides is 1. The average Bonchev–Trinajstić information content (AvgIpc) is 3.40. The standard InChI is InChI=1S/C25H25N3O2S2/c1-3-16(2)12-28-24(30)22-19-10-6-7-11-20(19)32-23(22)26-25(28)31-15-21(29)27-13-17-8-4-5-9-18(17)14-27/h4-5,8-9H,1,6-7,10-15H2,2H3. The number of fused-ring (bicyclic) bond motifs is 4. The number of nitrogens with zero attached hydrogens (tertiary/aromatic N) is 3. The van der Waals surface area contributed by atoms with Gasteiger partial charge in [0, 0.05) is 18.0 Å². The van der Waals surface area contributed by atoms with E-state index in [1.54, 1.807) is 15.9 Å². The van der Waals surface area contributed by atoms with Crippen LogP contribution in [0.25, 0.3) is 10.2 Å². The second-order valence-corrected chi connectivity index (χ2v) is 10.5. The Hall–Kier alpha value is -2.60. The van der Waals surface area contributed by atoms with Gasteiger partial charge in [-0.05, 0) is 54.9 Å². The van der Waals surface area contributed by atoms with Crippen LogP contribution < -0.4 is 5.56 Å². The van der Waals surface area contributed by atoms with Crippen LogP contribution in [0.5, 0.6) is 0 Å². The molecule has 5 nitrogen and oxygen atoms in total. The van der Waals surface area contributed by atoms with Crippen molar-refractivity contribution >= 4 is 39.2 Å². The zero-order valence-corrected chi connectivity index (χ0v) is 19.8. The number of aryl methyl sites for hydroxylation is 2. The number of benzene rings is 1. The number of carbonyl (C=O) groups is 1. The van der Waals surface area contributed by atoms with E-state index in [0.29, 0.717) is 24.8 Å². The highest BCUT2D eigenvalue weighted by atomic mass is 32.2. The third-order valence-electron chi connectivity index (χ3n) is 6.26. The van der Waals surface area contributed by atoms with Crippen molar-refractivity contribution in [3.05, 3.63) is 74.1 Å². The van der Waals surface area contributed by atoms with Crippen LogP contribution in [-0.2, 0) is 37.3 Å². The van der Waals surface area contributed by atoms with Crippen molar-refractivity contribution in [2.75, 3.05) is 5.75 Å². The van der Waals surface area contributed by atoms with Gasteiger partial charge in [-0.3, -0.25) is 14.2 Å². The molecule has 164 valence electrons. The van der Waals surface area contributed by atoms with E-state index in [9.17, 15) is 9.59 Å². The zero-order valence-electron chi connectivity index (χ0n) is 18.1. The summed E-state index contributed by atoms with van der Waals surface area (Å²) in [7, 11) is 0. The first-order valence-electron chi connectivity index (χ1n) is 10.9. The van der Waals surface area contributed by atoms with Gasteiger partial charge in [0.05, 0.1) is 17.7 Å². The molecule has 1 aliphatic carbocycles. The van der Waals surface area contributed by atoms with E-state index in [-0.39, 0.29) is 17.2 Å². The van der Waals surface area contributed by atoms with Crippen LogP contribution in [-0.4, -0.2) is 26.1 Å². The van der Waals surface area contributed by atoms with Gasteiger partial charge in [0.15, 0.2) is 5.16 Å². The first-order valence-corrected chi connectivity index (χ1v) is 12.7. The molecule has 1 amide bonds. The first kappa shape index (κ1) is 21.3. The minimum Gasteiger partial charge on any atom is -0.333 e. The van der Waals surface area contributed by atoms with Gasteiger partial charge in [-0.1, -0.05) is 42.6 Å². The number of hydrogen-bond acceptors (Lipinski definition) is 5. The molecule has 2 aliphatic rings. The van der Waals surface area contributed by atoms with Crippen molar-refractivity contribution in [1.29, 1.82) is 0 Å². The fourth-order valence-corrected chi connectivity index (χ4v) is 6.69. The summed E-state index contributed by atoms with van der Waals surface area (Å²) in [6.45, 7) is 7.31. The van der Waals surface area contributed by atoms with Crippen LogP contribution in [0.4, 0.5) is 0 Å². The highest BCUT2D eigenvalue weighted by molar-refractivity contribution is 7.99. The van der Waals surface area contributed by atoms with E-state index in [2.05, 4.69) is 24.4 Å². The summed E-state index contributed by atoms with van der Waals surface area (Å²) < 4.78 is 1.70. The molecule has 1 aliphatic heterocycles. The summed E-state index contributed by atoms with van der Waals surface area (Å²) in [5.41, 5.74) is 7.36. The highest BCUT2D eigenvalue weighted by Crippen LogP contribution is 2.35. The van der Waals surface area contributed by atoms with Crippen LogP contribution in [0.2, 0.25) is 0 Å². The quantitative estimate of drug-likeness (QED) is 0.313. The minimum atomic E-state index is -0.00692. The third-order valence-corrected chi connectivity index (χ3v) is 8.40. The molecule has 1 aromatic carbocycles. The molecule has 0 bridgehead atoms. The van der Waals surface area contributed by atoms with Crippen molar-refractivity contribution in [3.63, 3.8) is 0 Å². The van der Waals surface area contributed by atoms with Crippen molar-refractivity contribution in [2.45, 2.75) is 57.4 Å². The van der Waals surface area contributed by atoms with Gasteiger partial charge in [-0.2, -0.15) is 0 Å². The smallest absolute Gasteiger partial charge is 0.263 e. The van der Waals surface area contributed by atoms with Gasteiger partial charge in [-0.25, -0.2) is 4.98 Å². The summed E-state index contributed by atoms with van der Waals surface area (Å²) in [6, 6.07) is 8.17. The van der Waals surface area contributed by atoms with E-state index in [4.69, 9.17) is 4.98 Å². The Morgan fingerprint density at radius 1 is 1.22 bits per heavy atom. The zero-order chi connectivity index (χ0) is 22.2. The molecule has 0 fully saturated rings. The molecule has 7 heteroatoms. The topological polar surface area (TPSA) is 55.2 Å². The Morgan fingerprint density at radius 2 is 1.94 bits per heavy atom. The van der Waals surface area contributed by atoms with Crippen LogP contribution in [0.1, 0.15) is 41.3 Å². The van der Waals surface area contributed by atoms with Crippen molar-refractivity contribution < 1.29 is 4.79 Å². The normalized spacial score (nSPS) is 14.8. The SMILES string of the molecule is C=C=C(C)Cn1c(SCC(=O)N2Cc3ccccc3C2)nc2sc3c(c2c1=O)CCCC3. The van der Waals surface area contributed by atoms with Crippen molar-refractivity contribution in [2.24, 2.45) is 0 Å². The molecule has 32 heavy (non-hydrogen) atoms. The molecule has 0 saturated heterocycles. The van der Waals surface area contributed by atoms with Crippen LogP contribution in [0, 0.1) is 0 Å². The molecule has 0 N–H and O–H groups in total. The number of hydrogen-bond donors (Lipinski definition) is 0. The van der Waals surface area contributed by atoms with Gasteiger partial charge in [0.1, 0.15) is 4.83 Å². The Kier molecular flexibility index (Phi) is 5.80. The lowest BCUT2D eigenvalue weighted by molar-refractivity contribution is -0.128. The molecule has 3 heterocycles. The summed E-state index contributed by atoms with van der Waals surface area (Å²) >= 11 is 3.00. The van der Waals surface area contributed by atoms with Crippen LogP contribution in [0.15, 0.2) is 52.1 Å². The molecule has 5 rings (SSSR count). The van der Waals surface area contributed by atoms with E-state index < -0.39 is 0 Å². The number of aromatic nitrogens is 2. The molecule has 3 aromatic rings. The van der Waals surface area contributed by atoms with Crippen LogP contribution >= 0.6 is 23.1 Å². The predicted octanol–water partition coefficient (Wildman–Crippen LogP) is 4.70. The summed E-state index contributed by atoms with van der Waals surface area (Å²) in [4.78, 5) is 35.3. The summed E-state index contributed by atoms with van der Waals surface area (Å²) in [5, 5.41) is 1.37. The summed E-state index contributed by atoms with van der Waals surface area (Å²) in [5.74, 6) is 0.321. The highest BCUT2D eigenvalue weighted by Gasteiger charge is 2.25. The van der Waals surface area contributed by atoms with E-state index >= 15 is 0 Å². The number of thiophene rings is 1. The van der Waals surface area contributed by atoms with Crippen LogP contribution in [0.3, 0.4) is 0 Å². The average molecular weight is 464 g/mol. The minimum absolute atomic E-state index is 0.00692. The lowest BCUT2D eigenvalue weighted by Crippen LogP contribution is -2.28. The van der Waals surface area contributed by atoms with Gasteiger partial charge in [0.25, 0.3) is 5.56 Å². The van der Waals surface area contributed by atoms with E-state index in [1.165, 1.54) is 39.8 Å². The molecular formula is C25H25N3O2S2. The van der Waals surface area contributed by atoms with Gasteiger partial charge in [0.2, 0.25) is 5.91 Å². The Bertz CT molecular complexity index is 1310. The fourth-order valence-electron chi connectivity index (χ4n) is 4.49. The Labute approximate surface area is 195 Å². The first-order chi connectivity index (χ1) is 15.5. The molecular weight excluding hydrogens is 438 g/mol. The van der Waals surface area contributed by atoms with Gasteiger partial charge >= 0.3 is 0 Å². The Morgan fingerprint density at radius 3 is 2.66 bits per heavy atom. The predicted molar refractivity (Wildman–Crippen MR) is 130 cm³/mol. The lowest BCUT2D eigenvalue weighted by atomic mass is 9.97. The number of allylic oxidation sites excluding steroid dienone is 1. The van der Waals surface area contributed by atoms with Crippen molar-refractivity contribution in [3.8, 4) is 0 Å². The third kappa shape index (κ3) is 3.85. The van der Waals surface area contributed by atoms with Gasteiger partial charge < -0.3 is 4.90 Å². The molecule has 0 radical (unpaired) electrons. The van der Waals surface area contributed by atoms with E-state index in [0.717, 1.165) is 35.1 Å². The summed E-state index contributed by atoms with van der Waals surface area (Å²) in [6.07, 6.45) is 4.26. The number of thioether (sulfide) groups is 1. The maximum atomic E-state index is 13.5. The lowest BCUT2D eigenvalue weighted by Gasteiger charge is -2.16. The monoisotopic (exact) mass is 463 g/mol. The van der Waals surface area contributed by atoms with E-state index in [1.807, 2.05) is 24.0 Å². The van der Waals surface area contributed by atoms with Crippen molar-refractivity contribution in [1.82, 2.24) is 14.5 Å². The Balaban J connectivity index is 1.45. The molecule has 0 saturated carbocycles. The largest absolute Gasteiger partial charge is 0.333 e. The van der Waals surface area contributed by atoms with Gasteiger partial charge in [-0.15, -0.1) is 17.1 Å². The molecule has 0 atom stereocenters. The molecule has 0 unspecified atom stereocenters. The number of carbonyl (C=O) groups excluding carboxylic acids is 1. The maximum absolute atomic E-state index is 13.5. The second-order valence-electron chi connectivity index (χ2n) is 8.44. The molecule has 0 spiro atoms. The fraction of sp³-hybridized carbons (Fsp3) is 0.360. The number of rotatable bonds is 5. The second kappa shape index (κ2) is 8.74. The molecule has 2 aromatic heterocycles. The maximum Gasteiger partial charge on any atom is 0.263 e.